The van der Waals surface area contributed by atoms with Gasteiger partial charge in [-0.25, -0.2) is 4.39 Å². The highest BCUT2D eigenvalue weighted by atomic mass is 19.1. The first kappa shape index (κ1) is 29.1. The summed E-state index contributed by atoms with van der Waals surface area (Å²) in [5.41, 5.74) is 4.47. The SMILES string of the molecule is CC(C)CN(CC(=O)N(CCc1c[nH]c2ccccc12)Cc1ccc(C(C)(C)C)cc1)C(=O)c1ccccc1F. The third-order valence-electron chi connectivity index (χ3n) is 7.18. The highest BCUT2D eigenvalue weighted by Gasteiger charge is 2.25. The van der Waals surface area contributed by atoms with E-state index in [4.69, 9.17) is 0 Å². The monoisotopic (exact) mass is 541 g/mol. The molecule has 0 unspecified atom stereocenters. The van der Waals surface area contributed by atoms with Crippen molar-refractivity contribution in [1.29, 1.82) is 0 Å². The average molecular weight is 542 g/mol. The van der Waals surface area contributed by atoms with Gasteiger partial charge in [-0.15, -0.1) is 0 Å². The van der Waals surface area contributed by atoms with Gasteiger partial charge in [0.2, 0.25) is 5.91 Å². The number of carbonyl (C=O) groups is 2. The maximum Gasteiger partial charge on any atom is 0.257 e. The van der Waals surface area contributed by atoms with Gasteiger partial charge in [0.05, 0.1) is 5.56 Å². The van der Waals surface area contributed by atoms with Crippen LogP contribution >= 0.6 is 0 Å². The van der Waals surface area contributed by atoms with Gasteiger partial charge in [-0.1, -0.05) is 89.2 Å². The van der Waals surface area contributed by atoms with Gasteiger partial charge in [-0.05, 0) is 52.6 Å². The molecule has 4 rings (SSSR count). The van der Waals surface area contributed by atoms with E-state index < -0.39 is 11.7 Å². The first-order valence-electron chi connectivity index (χ1n) is 14.0. The molecule has 1 N–H and O–H groups in total. The van der Waals surface area contributed by atoms with Gasteiger partial charge in [0.25, 0.3) is 5.91 Å². The average Bonchev–Trinajstić information content (AvgIpc) is 3.33. The number of hydrogen-bond donors (Lipinski definition) is 1. The highest BCUT2D eigenvalue weighted by molar-refractivity contribution is 5.96. The number of halogens is 1. The van der Waals surface area contributed by atoms with Gasteiger partial charge in [-0.2, -0.15) is 0 Å². The maximum atomic E-state index is 14.5. The van der Waals surface area contributed by atoms with Gasteiger partial charge in [0.1, 0.15) is 12.4 Å². The third-order valence-corrected chi connectivity index (χ3v) is 7.18. The van der Waals surface area contributed by atoms with Crippen molar-refractivity contribution in [3.05, 3.63) is 107 Å². The molecule has 0 spiro atoms. The minimum atomic E-state index is -0.580. The van der Waals surface area contributed by atoms with E-state index in [1.807, 2.05) is 43.1 Å². The number of benzene rings is 3. The van der Waals surface area contributed by atoms with E-state index >= 15 is 0 Å². The topological polar surface area (TPSA) is 56.4 Å². The van der Waals surface area contributed by atoms with Crippen molar-refractivity contribution in [3.63, 3.8) is 0 Å². The summed E-state index contributed by atoms with van der Waals surface area (Å²) in [5.74, 6) is -1.09. The Morgan fingerprint density at radius 2 is 1.57 bits per heavy atom. The Morgan fingerprint density at radius 3 is 2.25 bits per heavy atom. The molecule has 5 nitrogen and oxygen atoms in total. The molecule has 0 saturated carbocycles. The summed E-state index contributed by atoms with van der Waals surface area (Å²) in [4.78, 5) is 33.8. The number of aromatic nitrogens is 1. The first-order valence-corrected chi connectivity index (χ1v) is 14.0. The Morgan fingerprint density at radius 1 is 0.900 bits per heavy atom. The Kier molecular flexibility index (Phi) is 9.08. The van der Waals surface area contributed by atoms with Crippen LogP contribution in [0.25, 0.3) is 10.9 Å². The fraction of sp³-hybridized carbons (Fsp3) is 0.353. The summed E-state index contributed by atoms with van der Waals surface area (Å²) >= 11 is 0. The van der Waals surface area contributed by atoms with Crippen molar-refractivity contribution in [2.24, 2.45) is 5.92 Å². The Bertz CT molecular complexity index is 1450. The molecule has 0 atom stereocenters. The number of para-hydroxylation sites is 1. The van der Waals surface area contributed by atoms with Gasteiger partial charge in [-0.3, -0.25) is 9.59 Å². The van der Waals surface area contributed by atoms with Gasteiger partial charge in [0.15, 0.2) is 0 Å². The second kappa shape index (κ2) is 12.5. The van der Waals surface area contributed by atoms with Gasteiger partial charge >= 0.3 is 0 Å². The van der Waals surface area contributed by atoms with Crippen molar-refractivity contribution in [2.45, 2.75) is 53.0 Å². The molecule has 4 aromatic rings. The van der Waals surface area contributed by atoms with E-state index in [1.54, 1.807) is 12.1 Å². The van der Waals surface area contributed by atoms with Crippen LogP contribution in [0.5, 0.6) is 0 Å². The molecule has 210 valence electrons. The molecular formula is C34H40FN3O2. The van der Waals surface area contributed by atoms with E-state index in [1.165, 1.54) is 22.6 Å². The number of hydrogen-bond acceptors (Lipinski definition) is 2. The van der Waals surface area contributed by atoms with Crippen LogP contribution < -0.4 is 0 Å². The highest BCUT2D eigenvalue weighted by Crippen LogP contribution is 2.23. The molecule has 2 amide bonds. The molecule has 0 bridgehead atoms. The van der Waals surface area contributed by atoms with Crippen LogP contribution in [-0.4, -0.2) is 46.2 Å². The quantitative estimate of drug-likeness (QED) is 0.236. The lowest BCUT2D eigenvalue weighted by atomic mass is 9.87. The van der Waals surface area contributed by atoms with Crippen molar-refractivity contribution >= 4 is 22.7 Å². The molecule has 6 heteroatoms. The molecule has 0 radical (unpaired) electrons. The zero-order valence-electron chi connectivity index (χ0n) is 24.2. The van der Waals surface area contributed by atoms with Crippen LogP contribution in [0.4, 0.5) is 4.39 Å². The summed E-state index contributed by atoms with van der Waals surface area (Å²) in [5, 5.41) is 1.14. The Hall–Kier alpha value is -3.93. The number of fused-ring (bicyclic) bond motifs is 1. The lowest BCUT2D eigenvalue weighted by Gasteiger charge is -2.29. The van der Waals surface area contributed by atoms with Crippen LogP contribution in [0.3, 0.4) is 0 Å². The van der Waals surface area contributed by atoms with E-state index in [0.717, 1.165) is 22.0 Å². The van der Waals surface area contributed by atoms with E-state index in [0.29, 0.717) is 26.1 Å². The number of nitrogens with zero attached hydrogens (tertiary/aromatic N) is 2. The van der Waals surface area contributed by atoms with Crippen molar-refractivity contribution in [1.82, 2.24) is 14.8 Å². The molecule has 1 heterocycles. The number of carbonyl (C=O) groups excluding carboxylic acids is 2. The third kappa shape index (κ3) is 7.17. The molecule has 0 fully saturated rings. The number of H-pyrrole nitrogens is 1. The second-order valence-electron chi connectivity index (χ2n) is 11.9. The summed E-state index contributed by atoms with van der Waals surface area (Å²) in [6, 6.07) is 22.4. The lowest BCUT2D eigenvalue weighted by Crippen LogP contribution is -2.44. The standard InChI is InChI=1S/C34H40FN3O2/c1-24(2)21-38(33(40)29-11-6-8-12-30(29)35)23-32(39)37(22-25-14-16-27(17-15-25)34(3,4)5)19-18-26-20-36-31-13-9-7-10-28(26)31/h6-17,20,24,36H,18-19,21-23H2,1-5H3. The van der Waals surface area contributed by atoms with Crippen molar-refractivity contribution in [3.8, 4) is 0 Å². The van der Waals surface area contributed by atoms with Crippen molar-refractivity contribution < 1.29 is 14.0 Å². The summed E-state index contributed by atoms with van der Waals surface area (Å²) in [7, 11) is 0. The van der Waals surface area contributed by atoms with Crippen LogP contribution in [-0.2, 0) is 23.2 Å². The number of amides is 2. The molecule has 40 heavy (non-hydrogen) atoms. The van der Waals surface area contributed by atoms with Crippen LogP contribution in [0.15, 0.2) is 79.0 Å². The molecular weight excluding hydrogens is 501 g/mol. The second-order valence-corrected chi connectivity index (χ2v) is 11.9. The zero-order valence-corrected chi connectivity index (χ0v) is 24.2. The smallest absolute Gasteiger partial charge is 0.257 e. The number of nitrogens with one attached hydrogen (secondary N) is 1. The minimum absolute atomic E-state index is 0.0148. The van der Waals surface area contributed by atoms with Crippen LogP contribution in [0, 0.1) is 11.7 Å². The molecule has 0 saturated heterocycles. The largest absolute Gasteiger partial charge is 0.361 e. The lowest BCUT2D eigenvalue weighted by molar-refractivity contribution is -0.132. The summed E-state index contributed by atoms with van der Waals surface area (Å²) in [6.45, 7) is 11.7. The fourth-order valence-electron chi connectivity index (χ4n) is 4.94. The first-order chi connectivity index (χ1) is 19.0. The molecule has 1 aromatic heterocycles. The predicted molar refractivity (Wildman–Crippen MR) is 160 cm³/mol. The molecule has 0 aliphatic carbocycles. The summed E-state index contributed by atoms with van der Waals surface area (Å²) < 4.78 is 14.5. The van der Waals surface area contributed by atoms with Crippen molar-refractivity contribution in [2.75, 3.05) is 19.6 Å². The summed E-state index contributed by atoms with van der Waals surface area (Å²) in [6.07, 6.45) is 2.67. The van der Waals surface area contributed by atoms with Crippen LogP contribution in [0.2, 0.25) is 0 Å². The molecule has 0 aliphatic heterocycles. The number of aromatic amines is 1. The predicted octanol–water partition coefficient (Wildman–Crippen LogP) is 6.97. The normalized spacial score (nSPS) is 11.7. The Balaban J connectivity index is 1.58. The zero-order chi connectivity index (χ0) is 28.9. The van der Waals surface area contributed by atoms with E-state index in [-0.39, 0.29) is 29.3 Å². The van der Waals surface area contributed by atoms with Gasteiger partial charge < -0.3 is 14.8 Å². The van der Waals surface area contributed by atoms with Crippen LogP contribution in [0.1, 0.15) is 61.7 Å². The fourth-order valence-corrected chi connectivity index (χ4v) is 4.94. The number of rotatable bonds is 10. The maximum absolute atomic E-state index is 14.5. The Labute approximate surface area is 237 Å². The van der Waals surface area contributed by atoms with Gasteiger partial charge in [0, 0.05) is 36.7 Å². The van der Waals surface area contributed by atoms with E-state index in [9.17, 15) is 14.0 Å². The molecule has 0 aliphatic rings. The van der Waals surface area contributed by atoms with E-state index in [2.05, 4.69) is 56.1 Å². The molecule has 3 aromatic carbocycles. The minimum Gasteiger partial charge on any atom is -0.361 e.